The molecule has 0 radical (unpaired) electrons. The molecule has 4 nitrogen and oxygen atoms in total. The van der Waals surface area contributed by atoms with Crippen molar-refractivity contribution in [2.24, 2.45) is 5.73 Å². The van der Waals surface area contributed by atoms with Crippen LogP contribution in [-0.2, 0) is 6.42 Å². The maximum absolute atomic E-state index is 6.25. The molecule has 0 bridgehead atoms. The Bertz CT molecular complexity index is 495. The second-order valence-corrected chi connectivity index (χ2v) is 4.88. The molecule has 2 atom stereocenters. The van der Waals surface area contributed by atoms with E-state index < -0.39 is 0 Å². The summed E-state index contributed by atoms with van der Waals surface area (Å²) in [4.78, 5) is 4.44. The summed E-state index contributed by atoms with van der Waals surface area (Å²) in [6.07, 6.45) is 3.08. The number of nitrogens with zero attached hydrogens (tertiary/aromatic N) is 2. The van der Waals surface area contributed by atoms with Crippen molar-refractivity contribution in [1.82, 2.24) is 10.1 Å². The summed E-state index contributed by atoms with van der Waals surface area (Å²) < 4.78 is 5.32. The highest BCUT2D eigenvalue weighted by atomic mass is 16.5. The molecule has 1 aromatic carbocycles. The summed E-state index contributed by atoms with van der Waals surface area (Å²) in [6.45, 7) is 4.17. The van der Waals surface area contributed by atoms with Gasteiger partial charge in [0.1, 0.15) is 0 Å². The maximum Gasteiger partial charge on any atom is 0.231 e. The predicted molar refractivity (Wildman–Crippen MR) is 74.7 cm³/mol. The molecule has 19 heavy (non-hydrogen) atoms. The molecule has 0 fully saturated rings. The molecular formula is C15H21N3O. The fourth-order valence-electron chi connectivity index (χ4n) is 2.01. The van der Waals surface area contributed by atoms with E-state index in [-0.39, 0.29) is 12.0 Å². The summed E-state index contributed by atoms with van der Waals surface area (Å²) in [5.74, 6) is 1.43. The van der Waals surface area contributed by atoms with Gasteiger partial charge in [-0.15, -0.1) is 0 Å². The van der Waals surface area contributed by atoms with Crippen LogP contribution in [0.1, 0.15) is 55.9 Å². The first-order chi connectivity index (χ1) is 9.22. The lowest BCUT2D eigenvalue weighted by Crippen LogP contribution is -2.17. The highest BCUT2D eigenvalue weighted by molar-refractivity contribution is 5.21. The van der Waals surface area contributed by atoms with Gasteiger partial charge in [-0.05, 0) is 12.0 Å². The second-order valence-electron chi connectivity index (χ2n) is 4.88. The van der Waals surface area contributed by atoms with Crippen molar-refractivity contribution in [2.45, 2.75) is 45.1 Å². The van der Waals surface area contributed by atoms with Crippen LogP contribution in [0.4, 0.5) is 0 Å². The van der Waals surface area contributed by atoms with Crippen LogP contribution in [-0.4, -0.2) is 10.1 Å². The number of nitrogens with two attached hydrogens (primary N) is 1. The fourth-order valence-corrected chi connectivity index (χ4v) is 2.01. The number of hydrogen-bond acceptors (Lipinski definition) is 4. The Labute approximate surface area is 114 Å². The van der Waals surface area contributed by atoms with Gasteiger partial charge in [-0.2, -0.15) is 4.98 Å². The van der Waals surface area contributed by atoms with Crippen LogP contribution in [0.5, 0.6) is 0 Å². The van der Waals surface area contributed by atoms with Gasteiger partial charge in [-0.3, -0.25) is 0 Å². The zero-order chi connectivity index (χ0) is 13.7. The molecule has 0 aliphatic rings. The second kappa shape index (κ2) is 6.48. The number of hydrogen-bond donors (Lipinski definition) is 1. The Balaban J connectivity index is 2.06. The van der Waals surface area contributed by atoms with E-state index in [4.69, 9.17) is 10.3 Å². The van der Waals surface area contributed by atoms with Crippen LogP contribution >= 0.6 is 0 Å². The van der Waals surface area contributed by atoms with Crippen LogP contribution in [0.25, 0.3) is 0 Å². The molecule has 2 N–H and O–H groups in total. The number of aromatic nitrogens is 2. The molecule has 0 saturated heterocycles. The summed E-state index contributed by atoms with van der Waals surface area (Å²) in [5, 5.41) is 4.01. The van der Waals surface area contributed by atoms with Crippen LogP contribution < -0.4 is 5.73 Å². The minimum Gasteiger partial charge on any atom is -0.339 e. The van der Waals surface area contributed by atoms with Gasteiger partial charge in [0.25, 0.3) is 0 Å². The van der Waals surface area contributed by atoms with E-state index in [1.165, 1.54) is 0 Å². The van der Waals surface area contributed by atoms with Gasteiger partial charge in [0, 0.05) is 12.5 Å². The van der Waals surface area contributed by atoms with E-state index >= 15 is 0 Å². The van der Waals surface area contributed by atoms with Crippen LogP contribution in [0.2, 0.25) is 0 Å². The smallest absolute Gasteiger partial charge is 0.231 e. The number of benzene rings is 1. The standard InChI is InChI=1S/C15H21N3O/c1-3-4-10-13-17-15(19-18-13)11(2)14(16)12-8-6-5-7-9-12/h5-9,11,14H,3-4,10,16H2,1-2H3. The molecule has 2 unspecified atom stereocenters. The molecule has 1 heterocycles. The number of aryl methyl sites for hydroxylation is 1. The van der Waals surface area contributed by atoms with Crippen molar-refractivity contribution in [2.75, 3.05) is 0 Å². The van der Waals surface area contributed by atoms with Gasteiger partial charge in [0.05, 0.1) is 5.92 Å². The van der Waals surface area contributed by atoms with Gasteiger partial charge >= 0.3 is 0 Å². The highest BCUT2D eigenvalue weighted by Gasteiger charge is 2.22. The quantitative estimate of drug-likeness (QED) is 0.865. The van der Waals surface area contributed by atoms with Crippen molar-refractivity contribution in [3.8, 4) is 0 Å². The lowest BCUT2D eigenvalue weighted by atomic mass is 9.95. The normalized spacial score (nSPS) is 14.3. The predicted octanol–water partition coefficient (Wildman–Crippen LogP) is 3.22. The lowest BCUT2D eigenvalue weighted by Gasteiger charge is -2.16. The molecule has 4 heteroatoms. The lowest BCUT2D eigenvalue weighted by molar-refractivity contribution is 0.340. The SMILES string of the molecule is CCCCc1noc(C(C)C(N)c2ccccc2)n1. The average Bonchev–Trinajstić information content (AvgIpc) is 2.93. The van der Waals surface area contributed by atoms with Crippen molar-refractivity contribution in [3.63, 3.8) is 0 Å². The van der Waals surface area contributed by atoms with E-state index in [2.05, 4.69) is 17.1 Å². The van der Waals surface area contributed by atoms with E-state index in [0.717, 1.165) is 30.7 Å². The topological polar surface area (TPSA) is 64.9 Å². The van der Waals surface area contributed by atoms with Crippen molar-refractivity contribution in [1.29, 1.82) is 0 Å². The Morgan fingerprint density at radius 2 is 2.00 bits per heavy atom. The Hall–Kier alpha value is -1.68. The van der Waals surface area contributed by atoms with E-state index in [9.17, 15) is 0 Å². The average molecular weight is 259 g/mol. The third-order valence-electron chi connectivity index (χ3n) is 3.35. The van der Waals surface area contributed by atoms with Gasteiger partial charge in [-0.25, -0.2) is 0 Å². The van der Waals surface area contributed by atoms with Crippen molar-refractivity contribution < 1.29 is 4.52 Å². The van der Waals surface area contributed by atoms with Gasteiger partial charge < -0.3 is 10.3 Å². The minimum atomic E-state index is -0.124. The Morgan fingerprint density at radius 1 is 1.26 bits per heavy atom. The first-order valence-corrected chi connectivity index (χ1v) is 6.85. The minimum absolute atomic E-state index is 0.0188. The molecule has 2 rings (SSSR count). The molecule has 0 amide bonds. The molecule has 0 aliphatic heterocycles. The molecule has 0 aliphatic carbocycles. The molecule has 0 saturated carbocycles. The molecule has 102 valence electrons. The van der Waals surface area contributed by atoms with E-state index in [1.807, 2.05) is 37.3 Å². The first-order valence-electron chi connectivity index (χ1n) is 6.85. The largest absolute Gasteiger partial charge is 0.339 e. The first kappa shape index (κ1) is 13.7. The summed E-state index contributed by atoms with van der Waals surface area (Å²) in [7, 11) is 0. The zero-order valence-corrected chi connectivity index (χ0v) is 11.5. The van der Waals surface area contributed by atoms with Gasteiger partial charge in [0.15, 0.2) is 5.82 Å². The highest BCUT2D eigenvalue weighted by Crippen LogP contribution is 2.27. The van der Waals surface area contributed by atoms with Crippen molar-refractivity contribution >= 4 is 0 Å². The maximum atomic E-state index is 6.25. The van der Waals surface area contributed by atoms with Crippen molar-refractivity contribution in [3.05, 3.63) is 47.6 Å². The number of unbranched alkanes of at least 4 members (excludes halogenated alkanes) is 1. The van der Waals surface area contributed by atoms with Crippen LogP contribution in [0.3, 0.4) is 0 Å². The Kier molecular flexibility index (Phi) is 4.68. The summed E-state index contributed by atoms with van der Waals surface area (Å²) in [5.41, 5.74) is 7.34. The third-order valence-corrected chi connectivity index (χ3v) is 3.35. The third kappa shape index (κ3) is 3.41. The molecule has 1 aromatic heterocycles. The van der Waals surface area contributed by atoms with Crippen LogP contribution in [0.15, 0.2) is 34.9 Å². The molecule has 0 spiro atoms. The Morgan fingerprint density at radius 3 is 2.68 bits per heavy atom. The fraction of sp³-hybridized carbons (Fsp3) is 0.467. The van der Waals surface area contributed by atoms with E-state index in [1.54, 1.807) is 0 Å². The summed E-state index contributed by atoms with van der Waals surface area (Å²) in [6, 6.07) is 9.88. The number of rotatable bonds is 6. The molecule has 2 aromatic rings. The van der Waals surface area contributed by atoms with E-state index in [0.29, 0.717) is 5.89 Å². The van der Waals surface area contributed by atoms with Gasteiger partial charge in [-0.1, -0.05) is 55.8 Å². The molecular weight excluding hydrogens is 238 g/mol. The monoisotopic (exact) mass is 259 g/mol. The van der Waals surface area contributed by atoms with Crippen LogP contribution in [0, 0.1) is 0 Å². The van der Waals surface area contributed by atoms with Gasteiger partial charge in [0.2, 0.25) is 5.89 Å². The summed E-state index contributed by atoms with van der Waals surface area (Å²) >= 11 is 0. The zero-order valence-electron chi connectivity index (χ0n) is 11.5.